The van der Waals surface area contributed by atoms with E-state index in [4.69, 9.17) is 21.1 Å². The van der Waals surface area contributed by atoms with Crippen LogP contribution in [0, 0.1) is 21.4 Å². The van der Waals surface area contributed by atoms with E-state index in [-0.39, 0.29) is 21.8 Å². The third-order valence-corrected chi connectivity index (χ3v) is 4.22. The normalized spacial score (nSPS) is 11.1. The highest BCUT2D eigenvalue weighted by Crippen LogP contribution is 2.33. The topological polar surface area (TPSA) is 117 Å². The second-order valence-electron chi connectivity index (χ2n) is 5.68. The van der Waals surface area contributed by atoms with Crippen molar-refractivity contribution in [3.05, 3.63) is 86.6 Å². The quantitative estimate of drug-likeness (QED) is 0.357. The van der Waals surface area contributed by atoms with Gasteiger partial charge in [0.2, 0.25) is 0 Å². The lowest BCUT2D eigenvalue weighted by Gasteiger charge is -2.01. The van der Waals surface area contributed by atoms with Gasteiger partial charge in [-0.1, -0.05) is 23.7 Å². The first-order valence-electron chi connectivity index (χ1n) is 7.88. The molecule has 3 aromatic rings. The van der Waals surface area contributed by atoms with Crippen LogP contribution in [0.5, 0.6) is 0 Å². The number of rotatable bonds is 5. The Labute approximate surface area is 163 Å². The molecule has 0 spiro atoms. The lowest BCUT2D eigenvalue weighted by molar-refractivity contribution is -0.384. The Kier molecular flexibility index (Phi) is 5.25. The van der Waals surface area contributed by atoms with Gasteiger partial charge >= 0.3 is 5.97 Å². The van der Waals surface area contributed by atoms with Gasteiger partial charge in [-0.15, -0.1) is 0 Å². The van der Waals surface area contributed by atoms with Gasteiger partial charge < -0.3 is 9.52 Å². The van der Waals surface area contributed by atoms with Crippen LogP contribution in [0.4, 0.5) is 5.69 Å². The summed E-state index contributed by atoms with van der Waals surface area (Å²) in [4.78, 5) is 21.2. The smallest absolute Gasteiger partial charge is 0.335 e. The van der Waals surface area contributed by atoms with Crippen molar-refractivity contribution in [3.63, 3.8) is 0 Å². The van der Waals surface area contributed by atoms with Crippen molar-refractivity contribution in [3.8, 4) is 17.4 Å². The minimum Gasteiger partial charge on any atom is -0.478 e. The molecule has 1 N–H and O–H groups in total. The van der Waals surface area contributed by atoms with Crippen molar-refractivity contribution in [1.82, 2.24) is 0 Å². The molecule has 0 saturated heterocycles. The Morgan fingerprint density at radius 1 is 1.14 bits per heavy atom. The molecule has 7 nitrogen and oxygen atoms in total. The van der Waals surface area contributed by atoms with Crippen molar-refractivity contribution in [1.29, 1.82) is 5.26 Å². The van der Waals surface area contributed by atoms with E-state index in [1.165, 1.54) is 48.5 Å². The maximum Gasteiger partial charge on any atom is 0.335 e. The number of carbonyl (C=O) groups is 1. The Morgan fingerprint density at radius 3 is 2.39 bits per heavy atom. The van der Waals surface area contributed by atoms with Crippen molar-refractivity contribution in [2.45, 2.75) is 0 Å². The van der Waals surface area contributed by atoms with Crippen LogP contribution in [0.15, 0.2) is 59.0 Å². The highest BCUT2D eigenvalue weighted by molar-refractivity contribution is 6.33. The van der Waals surface area contributed by atoms with Crippen LogP contribution >= 0.6 is 11.6 Å². The number of furan rings is 1. The van der Waals surface area contributed by atoms with Gasteiger partial charge in [0.05, 0.1) is 27.2 Å². The second-order valence-corrected chi connectivity index (χ2v) is 6.08. The summed E-state index contributed by atoms with van der Waals surface area (Å²) >= 11 is 6.11. The number of carboxylic acids is 1. The highest BCUT2D eigenvalue weighted by Gasteiger charge is 2.14. The summed E-state index contributed by atoms with van der Waals surface area (Å²) in [6.45, 7) is 0. The van der Waals surface area contributed by atoms with E-state index in [0.717, 1.165) is 0 Å². The van der Waals surface area contributed by atoms with Crippen molar-refractivity contribution in [2.75, 3.05) is 0 Å². The molecule has 0 radical (unpaired) electrons. The molecule has 1 heterocycles. The van der Waals surface area contributed by atoms with Crippen LogP contribution in [-0.4, -0.2) is 16.0 Å². The predicted octanol–water partition coefficient (Wildman–Crippen LogP) is 5.27. The number of benzene rings is 2. The van der Waals surface area contributed by atoms with Gasteiger partial charge in [-0.3, -0.25) is 10.1 Å². The fraction of sp³-hybridized carbons (Fsp3) is 0. The number of non-ortho nitro benzene ring substituents is 1. The average molecular weight is 395 g/mol. The molecule has 0 fully saturated rings. The van der Waals surface area contributed by atoms with E-state index in [1.54, 1.807) is 12.1 Å². The zero-order valence-electron chi connectivity index (χ0n) is 14.1. The summed E-state index contributed by atoms with van der Waals surface area (Å²) in [6, 6.07) is 15.3. The number of nitro benzene ring substituents is 1. The monoisotopic (exact) mass is 394 g/mol. The van der Waals surface area contributed by atoms with Gasteiger partial charge in [0.15, 0.2) is 0 Å². The Morgan fingerprint density at radius 2 is 1.82 bits per heavy atom. The molecule has 3 rings (SSSR count). The standard InChI is InChI=1S/C20H11ClN2O5/c21-18-10-15(23(26)27)5-7-17(18)19-8-6-16(28-19)9-14(11-22)12-1-3-13(4-2-12)20(24)25/h1-10H,(H,24,25). The third kappa shape index (κ3) is 3.92. The lowest BCUT2D eigenvalue weighted by Crippen LogP contribution is -1.95. The van der Waals surface area contributed by atoms with E-state index in [0.29, 0.717) is 22.6 Å². The lowest BCUT2D eigenvalue weighted by atomic mass is 10.0. The largest absolute Gasteiger partial charge is 0.478 e. The Bertz CT molecular complexity index is 1140. The molecule has 0 aliphatic heterocycles. The zero-order chi connectivity index (χ0) is 20.3. The average Bonchev–Trinajstić information content (AvgIpc) is 3.14. The molecular formula is C20H11ClN2O5. The molecule has 0 unspecified atom stereocenters. The van der Waals surface area contributed by atoms with Crippen LogP contribution in [0.2, 0.25) is 5.02 Å². The third-order valence-electron chi connectivity index (χ3n) is 3.91. The fourth-order valence-electron chi connectivity index (χ4n) is 2.51. The highest BCUT2D eigenvalue weighted by atomic mass is 35.5. The first kappa shape index (κ1) is 18.9. The number of nitro groups is 1. The number of nitrogens with zero attached hydrogens (tertiary/aromatic N) is 2. The molecule has 0 aliphatic rings. The minimum atomic E-state index is -1.05. The first-order chi connectivity index (χ1) is 13.4. The maximum absolute atomic E-state index is 10.9. The van der Waals surface area contributed by atoms with Gasteiger partial charge in [-0.05, 0) is 42.0 Å². The molecular weight excluding hydrogens is 384 g/mol. The summed E-state index contributed by atoms with van der Waals surface area (Å²) in [5.41, 5.74) is 1.30. The molecule has 0 bridgehead atoms. The van der Waals surface area contributed by atoms with E-state index >= 15 is 0 Å². The van der Waals surface area contributed by atoms with E-state index in [9.17, 15) is 20.2 Å². The van der Waals surface area contributed by atoms with Crippen LogP contribution in [0.3, 0.4) is 0 Å². The Balaban J connectivity index is 1.91. The van der Waals surface area contributed by atoms with Gasteiger partial charge in [0.1, 0.15) is 11.5 Å². The molecule has 0 atom stereocenters. The van der Waals surface area contributed by atoms with E-state index < -0.39 is 10.9 Å². The maximum atomic E-state index is 10.9. The molecule has 0 amide bonds. The summed E-state index contributed by atoms with van der Waals surface area (Å²) < 4.78 is 5.69. The van der Waals surface area contributed by atoms with Crippen molar-refractivity contribution >= 4 is 34.9 Å². The van der Waals surface area contributed by atoms with Crippen LogP contribution in [0.1, 0.15) is 21.7 Å². The fourth-order valence-corrected chi connectivity index (χ4v) is 2.78. The van der Waals surface area contributed by atoms with Crippen LogP contribution in [-0.2, 0) is 0 Å². The molecule has 138 valence electrons. The van der Waals surface area contributed by atoms with Crippen molar-refractivity contribution < 1.29 is 19.2 Å². The minimum absolute atomic E-state index is 0.120. The number of nitriles is 1. The van der Waals surface area contributed by atoms with E-state index in [1.807, 2.05) is 6.07 Å². The molecule has 28 heavy (non-hydrogen) atoms. The molecule has 2 aromatic carbocycles. The van der Waals surface area contributed by atoms with Gasteiger partial charge in [0, 0.05) is 17.7 Å². The van der Waals surface area contributed by atoms with Gasteiger partial charge in [0.25, 0.3) is 5.69 Å². The molecule has 0 saturated carbocycles. The summed E-state index contributed by atoms with van der Waals surface area (Å²) in [5.74, 6) is -0.280. The van der Waals surface area contributed by atoms with E-state index in [2.05, 4.69) is 0 Å². The van der Waals surface area contributed by atoms with Gasteiger partial charge in [-0.25, -0.2) is 4.79 Å². The first-order valence-corrected chi connectivity index (χ1v) is 8.26. The number of hydrogen-bond acceptors (Lipinski definition) is 5. The second kappa shape index (κ2) is 7.78. The summed E-state index contributed by atoms with van der Waals surface area (Å²) in [7, 11) is 0. The molecule has 0 aliphatic carbocycles. The van der Waals surface area contributed by atoms with Crippen LogP contribution < -0.4 is 0 Å². The number of hydrogen-bond donors (Lipinski definition) is 1. The SMILES string of the molecule is N#CC(=Cc1ccc(-c2ccc([N+](=O)[O-])cc2Cl)o1)c1ccc(C(=O)O)cc1. The van der Waals surface area contributed by atoms with Gasteiger partial charge in [-0.2, -0.15) is 5.26 Å². The molecule has 1 aromatic heterocycles. The molecule has 8 heteroatoms. The summed E-state index contributed by atoms with van der Waals surface area (Å²) in [5, 5.41) is 29.3. The number of aromatic carboxylic acids is 1. The predicted molar refractivity (Wildman–Crippen MR) is 103 cm³/mol. The number of carboxylic acid groups (broad SMARTS) is 1. The van der Waals surface area contributed by atoms with Crippen molar-refractivity contribution in [2.24, 2.45) is 0 Å². The van der Waals surface area contributed by atoms with Crippen LogP contribution in [0.25, 0.3) is 23.0 Å². The Hall–Kier alpha value is -3.89. The number of allylic oxidation sites excluding steroid dienone is 1. The zero-order valence-corrected chi connectivity index (χ0v) is 14.9. The number of halogens is 1. The summed E-state index contributed by atoms with van der Waals surface area (Å²) in [6.07, 6.45) is 1.51.